The van der Waals surface area contributed by atoms with E-state index in [-0.39, 0.29) is 11.5 Å². The number of benzene rings is 1. The molecule has 6 heteroatoms. The van der Waals surface area contributed by atoms with Gasteiger partial charge in [0, 0.05) is 22.6 Å². The van der Waals surface area contributed by atoms with Crippen LogP contribution in [0.25, 0.3) is 0 Å². The molecule has 22 heavy (non-hydrogen) atoms. The van der Waals surface area contributed by atoms with Crippen molar-refractivity contribution in [3.63, 3.8) is 0 Å². The van der Waals surface area contributed by atoms with Crippen LogP contribution in [0, 0.1) is 6.92 Å². The molecule has 0 unspecified atom stereocenters. The van der Waals surface area contributed by atoms with Crippen LogP contribution in [0.15, 0.2) is 47.2 Å². The second kappa shape index (κ2) is 7.17. The molecular formula is C16H15BrN2O3. The molecule has 1 N–H and O–H groups in total. The van der Waals surface area contributed by atoms with Crippen molar-refractivity contribution < 1.29 is 14.3 Å². The molecule has 1 amide bonds. The number of nitrogens with zero attached hydrogens (tertiary/aromatic N) is 1. The molecule has 2 aromatic rings. The Hall–Kier alpha value is -2.21. The van der Waals surface area contributed by atoms with Crippen LogP contribution >= 0.6 is 15.9 Å². The minimum atomic E-state index is -0.910. The van der Waals surface area contributed by atoms with Crippen molar-refractivity contribution in [3.05, 3.63) is 58.3 Å². The molecule has 0 saturated heterocycles. The van der Waals surface area contributed by atoms with E-state index in [1.807, 2.05) is 25.1 Å². The lowest BCUT2D eigenvalue weighted by molar-refractivity contribution is -0.123. The number of carbonyl (C=O) groups is 2. The quantitative estimate of drug-likeness (QED) is 0.846. The second-order valence-corrected chi connectivity index (χ2v) is 5.71. The van der Waals surface area contributed by atoms with E-state index in [9.17, 15) is 9.59 Å². The van der Waals surface area contributed by atoms with Crippen molar-refractivity contribution in [1.29, 1.82) is 0 Å². The van der Waals surface area contributed by atoms with E-state index in [0.29, 0.717) is 10.2 Å². The lowest BCUT2D eigenvalue weighted by Gasteiger charge is -2.13. The first-order valence-electron chi connectivity index (χ1n) is 6.65. The minimum Gasteiger partial charge on any atom is -0.449 e. The van der Waals surface area contributed by atoms with Crippen LogP contribution in [0.2, 0.25) is 0 Å². The smallest absolute Gasteiger partial charge is 0.340 e. The van der Waals surface area contributed by atoms with Crippen molar-refractivity contribution in [2.24, 2.45) is 0 Å². The Bertz CT molecular complexity index is 703. The van der Waals surface area contributed by atoms with Crippen LogP contribution in [-0.4, -0.2) is 23.0 Å². The van der Waals surface area contributed by atoms with Crippen molar-refractivity contribution in [2.75, 3.05) is 5.32 Å². The first-order valence-corrected chi connectivity index (χ1v) is 7.44. The zero-order valence-corrected chi connectivity index (χ0v) is 13.8. The molecule has 114 valence electrons. The highest BCUT2D eigenvalue weighted by molar-refractivity contribution is 9.10. The normalized spacial score (nSPS) is 11.6. The van der Waals surface area contributed by atoms with E-state index >= 15 is 0 Å². The Morgan fingerprint density at radius 2 is 2.05 bits per heavy atom. The van der Waals surface area contributed by atoms with Gasteiger partial charge in [-0.05, 0) is 53.5 Å². The average molecular weight is 363 g/mol. The Kier molecular flexibility index (Phi) is 5.27. The van der Waals surface area contributed by atoms with E-state index < -0.39 is 12.1 Å². The molecule has 2 rings (SSSR count). The zero-order chi connectivity index (χ0) is 16.1. The Labute approximate surface area is 136 Å². The third-order valence-electron chi connectivity index (χ3n) is 2.88. The number of ether oxygens (including phenoxy) is 1. The van der Waals surface area contributed by atoms with Gasteiger partial charge in [-0.3, -0.25) is 9.78 Å². The molecule has 0 radical (unpaired) electrons. The monoisotopic (exact) mass is 362 g/mol. The highest BCUT2D eigenvalue weighted by atomic mass is 79.9. The summed E-state index contributed by atoms with van der Waals surface area (Å²) >= 11 is 3.23. The van der Waals surface area contributed by atoms with Crippen LogP contribution < -0.4 is 5.32 Å². The van der Waals surface area contributed by atoms with Gasteiger partial charge in [-0.2, -0.15) is 0 Å². The molecule has 0 bridgehead atoms. The third-order valence-corrected chi connectivity index (χ3v) is 3.31. The maximum atomic E-state index is 12.0. The van der Waals surface area contributed by atoms with E-state index in [1.165, 1.54) is 13.1 Å². The fourth-order valence-electron chi connectivity index (χ4n) is 1.77. The SMILES string of the molecule is Cc1cccc(NC(=O)[C@H](C)OC(=O)c2cncc(Br)c2)c1. The molecule has 0 aliphatic rings. The number of nitrogens with one attached hydrogen (secondary N) is 1. The zero-order valence-electron chi connectivity index (χ0n) is 12.2. The summed E-state index contributed by atoms with van der Waals surface area (Å²) in [6.07, 6.45) is 2.04. The molecule has 0 aliphatic carbocycles. The lowest BCUT2D eigenvalue weighted by Crippen LogP contribution is -2.30. The van der Waals surface area contributed by atoms with Gasteiger partial charge in [0.05, 0.1) is 5.56 Å². The van der Waals surface area contributed by atoms with Gasteiger partial charge in [-0.25, -0.2) is 4.79 Å². The van der Waals surface area contributed by atoms with Gasteiger partial charge in [0.15, 0.2) is 6.10 Å². The van der Waals surface area contributed by atoms with Crippen LogP contribution in [-0.2, 0) is 9.53 Å². The van der Waals surface area contributed by atoms with Crippen LogP contribution in [0.1, 0.15) is 22.8 Å². The van der Waals surface area contributed by atoms with Crippen molar-refractivity contribution in [1.82, 2.24) is 4.98 Å². The highest BCUT2D eigenvalue weighted by Crippen LogP contribution is 2.13. The number of anilines is 1. The largest absolute Gasteiger partial charge is 0.449 e. The summed E-state index contributed by atoms with van der Waals surface area (Å²) in [5.74, 6) is -0.984. The number of hydrogen-bond acceptors (Lipinski definition) is 4. The number of aromatic nitrogens is 1. The van der Waals surface area contributed by atoms with Gasteiger partial charge in [-0.1, -0.05) is 12.1 Å². The van der Waals surface area contributed by atoms with E-state index in [2.05, 4.69) is 26.2 Å². The van der Waals surface area contributed by atoms with E-state index in [1.54, 1.807) is 18.3 Å². The Morgan fingerprint density at radius 1 is 1.27 bits per heavy atom. The molecule has 1 heterocycles. The molecule has 0 aliphatic heterocycles. The first kappa shape index (κ1) is 16.2. The number of pyridine rings is 1. The number of esters is 1. The number of aryl methyl sites for hydroxylation is 1. The molecule has 1 aromatic heterocycles. The number of carbonyl (C=O) groups excluding carboxylic acids is 2. The molecular weight excluding hydrogens is 348 g/mol. The maximum absolute atomic E-state index is 12.0. The summed E-state index contributed by atoms with van der Waals surface area (Å²) in [5, 5.41) is 2.71. The Balaban J connectivity index is 1.98. The molecule has 1 atom stereocenters. The Morgan fingerprint density at radius 3 is 2.73 bits per heavy atom. The summed E-state index contributed by atoms with van der Waals surface area (Å²) in [7, 11) is 0. The fourth-order valence-corrected chi connectivity index (χ4v) is 2.14. The second-order valence-electron chi connectivity index (χ2n) is 4.80. The van der Waals surface area contributed by atoms with Crippen LogP contribution in [0.5, 0.6) is 0 Å². The number of amides is 1. The topological polar surface area (TPSA) is 68.3 Å². The fraction of sp³-hybridized carbons (Fsp3) is 0.188. The predicted molar refractivity (Wildman–Crippen MR) is 86.6 cm³/mol. The number of hydrogen-bond donors (Lipinski definition) is 1. The maximum Gasteiger partial charge on any atom is 0.340 e. The average Bonchev–Trinajstić information content (AvgIpc) is 2.47. The highest BCUT2D eigenvalue weighted by Gasteiger charge is 2.19. The summed E-state index contributed by atoms with van der Waals surface area (Å²) in [6, 6.07) is 8.97. The van der Waals surface area contributed by atoms with Crippen LogP contribution in [0.4, 0.5) is 5.69 Å². The molecule has 5 nitrogen and oxygen atoms in total. The minimum absolute atomic E-state index is 0.282. The van der Waals surface area contributed by atoms with Crippen molar-refractivity contribution in [2.45, 2.75) is 20.0 Å². The van der Waals surface area contributed by atoms with Gasteiger partial charge in [0.25, 0.3) is 5.91 Å². The third kappa shape index (κ3) is 4.39. The van der Waals surface area contributed by atoms with Crippen molar-refractivity contribution in [3.8, 4) is 0 Å². The van der Waals surface area contributed by atoms with Gasteiger partial charge >= 0.3 is 5.97 Å². The number of rotatable bonds is 4. The van der Waals surface area contributed by atoms with Gasteiger partial charge in [0.2, 0.25) is 0 Å². The van der Waals surface area contributed by atoms with Gasteiger partial charge in [-0.15, -0.1) is 0 Å². The molecule has 0 saturated carbocycles. The summed E-state index contributed by atoms with van der Waals surface area (Å²) in [5.41, 5.74) is 1.98. The van der Waals surface area contributed by atoms with Crippen molar-refractivity contribution >= 4 is 33.5 Å². The summed E-state index contributed by atoms with van der Waals surface area (Å²) < 4.78 is 5.81. The summed E-state index contributed by atoms with van der Waals surface area (Å²) in [4.78, 5) is 27.9. The van der Waals surface area contributed by atoms with E-state index in [4.69, 9.17) is 4.74 Å². The first-order chi connectivity index (χ1) is 10.5. The predicted octanol–water partition coefficient (Wildman–Crippen LogP) is 3.34. The molecule has 0 spiro atoms. The lowest BCUT2D eigenvalue weighted by atomic mass is 10.2. The standard InChI is InChI=1S/C16H15BrN2O3/c1-10-4-3-5-14(6-10)19-15(20)11(2)22-16(21)12-7-13(17)9-18-8-12/h3-9,11H,1-2H3,(H,19,20)/t11-/m0/s1. The number of halogens is 1. The summed E-state index contributed by atoms with van der Waals surface area (Å²) in [6.45, 7) is 3.45. The van der Waals surface area contributed by atoms with Gasteiger partial charge < -0.3 is 10.1 Å². The molecule has 0 fully saturated rings. The van der Waals surface area contributed by atoms with Gasteiger partial charge in [0.1, 0.15) is 0 Å². The van der Waals surface area contributed by atoms with Crippen LogP contribution in [0.3, 0.4) is 0 Å². The van der Waals surface area contributed by atoms with E-state index in [0.717, 1.165) is 5.56 Å². The molecule has 1 aromatic carbocycles.